The van der Waals surface area contributed by atoms with E-state index in [0.29, 0.717) is 22.4 Å². The van der Waals surface area contributed by atoms with Crippen molar-refractivity contribution in [3.8, 4) is 180 Å². The van der Waals surface area contributed by atoms with Crippen LogP contribution in [0.3, 0.4) is 0 Å². The maximum atomic E-state index is 10.7. The molecule has 0 atom stereocenters. The zero-order valence-electron chi connectivity index (χ0n) is 78.7. The fourth-order valence-corrected chi connectivity index (χ4v) is 15.2. The molecule has 696 valence electrons. The summed E-state index contributed by atoms with van der Waals surface area (Å²) in [5.74, 6) is 0.859. The molecule has 0 unspecified atom stereocenters. The Morgan fingerprint density at radius 3 is 0.757 bits per heavy atom. The van der Waals surface area contributed by atoms with Gasteiger partial charge in [-0.25, -0.2) is 0 Å². The number of nitrogens with zero attached hydrogens (tertiary/aromatic N) is 8. The number of benzene rings is 10. The van der Waals surface area contributed by atoms with Gasteiger partial charge in [-0.15, -0.1) is 96.6 Å². The minimum atomic E-state index is -0.0601. The van der Waals surface area contributed by atoms with Crippen molar-refractivity contribution in [2.75, 3.05) is 0 Å². The van der Waals surface area contributed by atoms with Crippen LogP contribution >= 0.6 is 0 Å². The summed E-state index contributed by atoms with van der Waals surface area (Å²) in [5.41, 5.74) is 30.2. The van der Waals surface area contributed by atoms with E-state index in [2.05, 4.69) is 233 Å². The summed E-state index contributed by atoms with van der Waals surface area (Å²) < 4.78 is 0. The SMILES string of the molecule is CC(C)(C)c1cc(-c2[c-]c(-c3ccccn3)ccc2)nc(-c2ccccc2O)c1.CC(C)(C)c1cc(-c2cc(-c3[c-]c(-c4ccccn4)ccc3)nc(-c3ccccc3O)c2)cc(C(C)(C)C)c1.CC(C)(C)c1cc(-c2ccccn2)[c-]c(-c2cccc(-c3ccccc3O)n2)c1.CC(C)(C)c1ccc(-c2cc(-c3[c-]c(-c4ccccn4)ccc3)nc(-c3ccccc3O)c2)cc1.[Ni].[Ni].[Ni].[Ni]. The molecule has 136 heavy (non-hydrogen) atoms. The topological polar surface area (TPSA) is 184 Å². The van der Waals surface area contributed by atoms with E-state index in [1.807, 2.05) is 224 Å². The van der Waals surface area contributed by atoms with Crippen molar-refractivity contribution in [2.45, 2.75) is 131 Å². The van der Waals surface area contributed by atoms with Gasteiger partial charge in [0.15, 0.2) is 0 Å². The molecule has 0 saturated heterocycles. The predicted molar refractivity (Wildman–Crippen MR) is 540 cm³/mol. The Labute approximate surface area is 841 Å². The predicted octanol–water partition coefficient (Wildman–Crippen LogP) is 29.7. The van der Waals surface area contributed by atoms with Crippen LogP contribution in [0, 0.1) is 24.3 Å². The zero-order chi connectivity index (χ0) is 93.1. The second kappa shape index (κ2) is 44.8. The standard InChI is InChI=1S/C36H35N2O.C32H27N2O.2C26H23N2O.4Ni/c1-35(2,3)28-19-26(20-29(23-28)36(4,5)6)27-21-32(38-33(22-27)30-14-7-8-16-34(30)39)25-13-11-12-24(18-25)31-15-9-10-17-37-31;1-32(2,3)26-16-14-22(15-17-26)25-20-29(34-30(21-25)27-11-4-5-13-31(27)35)24-10-8-9-23(19-24)28-12-6-7-18-33-28;1-26(2,3)20-16-23(28-24(17-20)21-11-4-5-13-25(21)29)19-10-8-9-18(15-19)22-12-6-7-14-27-22;1-26(2,3)20-16-18(22-10-6-7-14-27-22)15-19(17-20)23-11-8-12-24(28-23)21-9-4-5-13-25(21)29;;;;/h7-17,19-23,39H,1-6H3;4-18,20-21,35H,1-3H3;2*4-14,16-17,29H,1-3H3;;;;/q4*-1;;;;. The summed E-state index contributed by atoms with van der Waals surface area (Å²) in [4.78, 5) is 37.6. The number of aromatic nitrogens is 8. The summed E-state index contributed by atoms with van der Waals surface area (Å²) in [5, 5.41) is 41.8. The molecule has 0 spiro atoms. The summed E-state index contributed by atoms with van der Waals surface area (Å²) >= 11 is 0. The molecule has 16 heteroatoms. The van der Waals surface area contributed by atoms with Crippen molar-refractivity contribution < 1.29 is 86.4 Å². The summed E-state index contributed by atoms with van der Waals surface area (Å²) in [6.07, 6.45) is 7.15. The third-order valence-corrected chi connectivity index (χ3v) is 22.9. The van der Waals surface area contributed by atoms with Crippen LogP contribution in [0.2, 0.25) is 0 Å². The van der Waals surface area contributed by atoms with E-state index < -0.39 is 0 Å². The molecular weight excluding hydrogens is 1850 g/mol. The molecule has 18 aromatic rings. The third-order valence-electron chi connectivity index (χ3n) is 22.9. The number of para-hydroxylation sites is 4. The quantitative estimate of drug-likeness (QED) is 0.0598. The van der Waals surface area contributed by atoms with Crippen molar-refractivity contribution in [1.29, 1.82) is 0 Å². The molecule has 0 radical (unpaired) electrons. The second-order valence-electron chi connectivity index (χ2n) is 38.0. The summed E-state index contributed by atoms with van der Waals surface area (Å²) in [7, 11) is 0. The van der Waals surface area contributed by atoms with Gasteiger partial charge in [-0.3, -0.25) is 39.9 Å². The van der Waals surface area contributed by atoms with Crippen molar-refractivity contribution in [1.82, 2.24) is 39.9 Å². The number of phenolic OH excluding ortho intramolecular Hbond substituents is 4. The monoisotopic (exact) mass is 1960 g/mol. The van der Waals surface area contributed by atoms with Gasteiger partial charge in [0.1, 0.15) is 23.0 Å². The largest absolute Gasteiger partial charge is 0.507 e. The number of pyridine rings is 8. The average Bonchev–Trinajstić information content (AvgIpc) is 0.778. The normalized spacial score (nSPS) is 11.2. The van der Waals surface area contributed by atoms with E-state index in [1.54, 1.807) is 49.1 Å². The van der Waals surface area contributed by atoms with Crippen LogP contribution in [-0.4, -0.2) is 60.3 Å². The molecule has 0 fully saturated rings. The number of phenols is 4. The van der Waals surface area contributed by atoms with E-state index in [1.165, 1.54) is 22.3 Å². The minimum absolute atomic E-state index is 0. The van der Waals surface area contributed by atoms with E-state index in [4.69, 9.17) is 19.9 Å². The first-order chi connectivity index (χ1) is 63.2. The molecule has 0 saturated carbocycles. The fourth-order valence-electron chi connectivity index (χ4n) is 15.2. The van der Waals surface area contributed by atoms with Crippen molar-refractivity contribution in [3.05, 3.63) is 411 Å². The second-order valence-corrected chi connectivity index (χ2v) is 38.0. The molecule has 8 aromatic heterocycles. The number of aromatic hydroxyl groups is 4. The Kier molecular flexibility index (Phi) is 34.0. The average molecular weight is 1960 g/mol. The Morgan fingerprint density at radius 1 is 0.176 bits per heavy atom. The van der Waals surface area contributed by atoms with E-state index in [0.717, 1.165) is 141 Å². The maximum absolute atomic E-state index is 10.7. The molecular formula is C120H108N8Ni4O4-4. The van der Waals surface area contributed by atoms with Gasteiger partial charge in [-0.1, -0.05) is 318 Å². The van der Waals surface area contributed by atoms with Gasteiger partial charge in [-0.05, 0) is 169 Å². The van der Waals surface area contributed by atoms with E-state index in [9.17, 15) is 20.4 Å². The first-order valence-electron chi connectivity index (χ1n) is 44.5. The summed E-state index contributed by atoms with van der Waals surface area (Å²) in [6.45, 7) is 33.3. The van der Waals surface area contributed by atoms with Crippen LogP contribution in [0.5, 0.6) is 23.0 Å². The smallest absolute Gasteiger partial charge is 0.124 e. The van der Waals surface area contributed by atoms with Gasteiger partial charge in [0, 0.05) is 159 Å². The Balaban J connectivity index is 0.000000174. The molecule has 8 heterocycles. The molecule has 18 rings (SSSR count). The van der Waals surface area contributed by atoms with Crippen LogP contribution < -0.4 is 0 Å². The van der Waals surface area contributed by atoms with Gasteiger partial charge < -0.3 is 20.4 Å². The van der Waals surface area contributed by atoms with Crippen LogP contribution in [0.25, 0.3) is 157 Å². The molecule has 4 N–H and O–H groups in total. The number of rotatable bonds is 14. The van der Waals surface area contributed by atoms with E-state index >= 15 is 0 Å². The van der Waals surface area contributed by atoms with Crippen LogP contribution in [0.15, 0.2) is 358 Å². The first kappa shape index (κ1) is 103. The van der Waals surface area contributed by atoms with Crippen LogP contribution in [0.4, 0.5) is 0 Å². The molecule has 0 aliphatic rings. The Hall–Kier alpha value is -13.4. The molecule has 0 aliphatic heterocycles. The minimum Gasteiger partial charge on any atom is -0.507 e. The van der Waals surface area contributed by atoms with Crippen molar-refractivity contribution in [3.63, 3.8) is 0 Å². The van der Waals surface area contributed by atoms with Crippen LogP contribution in [0.1, 0.15) is 132 Å². The molecule has 10 aromatic carbocycles. The molecule has 12 nitrogen and oxygen atoms in total. The molecule has 0 aliphatic carbocycles. The Bertz CT molecular complexity index is 7060. The van der Waals surface area contributed by atoms with Gasteiger partial charge in [0.25, 0.3) is 0 Å². The number of hydrogen-bond donors (Lipinski definition) is 4. The maximum Gasteiger partial charge on any atom is 0.124 e. The van der Waals surface area contributed by atoms with Gasteiger partial charge >= 0.3 is 0 Å². The number of hydrogen-bond acceptors (Lipinski definition) is 12. The van der Waals surface area contributed by atoms with Gasteiger partial charge in [-0.2, -0.15) is 0 Å². The van der Waals surface area contributed by atoms with Crippen molar-refractivity contribution in [2.24, 2.45) is 0 Å². The van der Waals surface area contributed by atoms with Gasteiger partial charge in [0.05, 0.1) is 22.8 Å². The fraction of sp³-hybridized carbons (Fsp3) is 0.167. The van der Waals surface area contributed by atoms with Crippen LogP contribution in [-0.2, 0) is 93.0 Å². The Morgan fingerprint density at radius 2 is 0.412 bits per heavy atom. The third kappa shape index (κ3) is 25.8. The van der Waals surface area contributed by atoms with Crippen molar-refractivity contribution >= 4 is 0 Å². The van der Waals surface area contributed by atoms with E-state index in [-0.39, 0.29) is 116 Å². The first-order valence-corrected chi connectivity index (χ1v) is 44.5. The zero-order valence-corrected chi connectivity index (χ0v) is 82.6. The summed E-state index contributed by atoms with van der Waals surface area (Å²) in [6, 6.07) is 123. The van der Waals surface area contributed by atoms with Gasteiger partial charge in [0.2, 0.25) is 0 Å². The molecule has 0 bridgehead atoms. The molecule has 0 amide bonds.